The Morgan fingerprint density at radius 3 is 2.89 bits per heavy atom. The van der Waals surface area contributed by atoms with Gasteiger partial charge in [0, 0.05) is 25.4 Å². The number of benzene rings is 1. The SMILES string of the molecule is Cc1cccc(CO[C@H]2C[C@@H](c3n[nH]c(C)n3)N(C(=O)c3cccnc3)C2)c1. The standard InChI is InChI=1S/C21H23N5O2/c1-14-5-3-6-16(9-14)13-28-18-10-19(20-23-15(2)24-25-20)26(12-18)21(27)17-7-4-8-22-11-17/h3-9,11,18-19H,10,12-13H2,1-2H3,(H,23,24,25)/t18-,19-/m0/s1. The smallest absolute Gasteiger partial charge is 0.256 e. The summed E-state index contributed by atoms with van der Waals surface area (Å²) in [6.07, 6.45) is 3.83. The minimum absolute atomic E-state index is 0.0788. The Balaban J connectivity index is 1.52. The molecule has 1 aliphatic heterocycles. The van der Waals surface area contributed by atoms with E-state index in [1.807, 2.05) is 13.0 Å². The van der Waals surface area contributed by atoms with E-state index < -0.39 is 0 Å². The first-order chi connectivity index (χ1) is 13.6. The largest absolute Gasteiger partial charge is 0.372 e. The molecule has 7 nitrogen and oxygen atoms in total. The number of nitrogens with one attached hydrogen (secondary N) is 1. The molecule has 0 bridgehead atoms. The molecule has 7 heteroatoms. The second kappa shape index (κ2) is 7.90. The lowest BCUT2D eigenvalue weighted by atomic mass is 10.1. The average molecular weight is 377 g/mol. The van der Waals surface area contributed by atoms with Gasteiger partial charge in [-0.1, -0.05) is 29.8 Å². The number of hydrogen-bond acceptors (Lipinski definition) is 5. The van der Waals surface area contributed by atoms with Gasteiger partial charge in [-0.2, -0.15) is 5.10 Å². The fraction of sp³-hybridized carbons (Fsp3) is 0.333. The van der Waals surface area contributed by atoms with E-state index in [0.717, 1.165) is 11.4 Å². The van der Waals surface area contributed by atoms with Gasteiger partial charge in [0.25, 0.3) is 5.91 Å². The molecule has 0 spiro atoms. The molecule has 1 aliphatic rings. The van der Waals surface area contributed by atoms with Crippen molar-refractivity contribution in [3.63, 3.8) is 0 Å². The Labute approximate surface area is 163 Å². The summed E-state index contributed by atoms with van der Waals surface area (Å²) in [4.78, 5) is 23.4. The molecule has 0 unspecified atom stereocenters. The number of aryl methyl sites for hydroxylation is 2. The number of likely N-dealkylation sites (tertiary alicyclic amines) is 1. The third-order valence-corrected chi connectivity index (χ3v) is 4.91. The highest BCUT2D eigenvalue weighted by Crippen LogP contribution is 2.33. The lowest BCUT2D eigenvalue weighted by molar-refractivity contribution is 0.0437. The van der Waals surface area contributed by atoms with Gasteiger partial charge >= 0.3 is 0 Å². The van der Waals surface area contributed by atoms with Crippen molar-refractivity contribution in [3.05, 3.63) is 77.1 Å². The quantitative estimate of drug-likeness (QED) is 0.739. The number of carbonyl (C=O) groups is 1. The lowest BCUT2D eigenvalue weighted by Crippen LogP contribution is -2.32. The lowest BCUT2D eigenvalue weighted by Gasteiger charge is -2.22. The number of carbonyl (C=O) groups excluding carboxylic acids is 1. The van der Waals surface area contributed by atoms with Crippen molar-refractivity contribution in [2.75, 3.05) is 6.54 Å². The van der Waals surface area contributed by atoms with Gasteiger partial charge in [-0.25, -0.2) is 4.98 Å². The Kier molecular flexibility index (Phi) is 5.16. The van der Waals surface area contributed by atoms with E-state index in [-0.39, 0.29) is 18.1 Å². The molecule has 1 aromatic carbocycles. The Bertz CT molecular complexity index is 956. The summed E-state index contributed by atoms with van der Waals surface area (Å²) in [5.41, 5.74) is 2.89. The monoisotopic (exact) mass is 377 g/mol. The van der Waals surface area contributed by atoms with Crippen LogP contribution in [0.5, 0.6) is 0 Å². The van der Waals surface area contributed by atoms with E-state index in [1.54, 1.807) is 29.4 Å². The van der Waals surface area contributed by atoms with Crippen LogP contribution in [-0.2, 0) is 11.3 Å². The molecule has 144 valence electrons. The Hall–Kier alpha value is -3.06. The zero-order chi connectivity index (χ0) is 19.5. The van der Waals surface area contributed by atoms with Gasteiger partial charge in [-0.3, -0.25) is 14.9 Å². The van der Waals surface area contributed by atoms with Crippen LogP contribution < -0.4 is 0 Å². The minimum Gasteiger partial charge on any atom is -0.372 e. The molecule has 28 heavy (non-hydrogen) atoms. The Morgan fingerprint density at radius 1 is 1.29 bits per heavy atom. The number of pyridine rings is 1. The van der Waals surface area contributed by atoms with Gasteiger partial charge < -0.3 is 9.64 Å². The van der Waals surface area contributed by atoms with Crippen molar-refractivity contribution in [2.24, 2.45) is 0 Å². The van der Waals surface area contributed by atoms with E-state index in [2.05, 4.69) is 45.3 Å². The number of ether oxygens (including phenoxy) is 1. The summed E-state index contributed by atoms with van der Waals surface area (Å²) in [6.45, 7) is 4.93. The van der Waals surface area contributed by atoms with Crippen LogP contribution >= 0.6 is 0 Å². The molecule has 0 aliphatic carbocycles. The van der Waals surface area contributed by atoms with Crippen LogP contribution in [0.4, 0.5) is 0 Å². The molecule has 2 aromatic heterocycles. The zero-order valence-corrected chi connectivity index (χ0v) is 16.0. The highest BCUT2D eigenvalue weighted by atomic mass is 16.5. The summed E-state index contributed by atoms with van der Waals surface area (Å²) in [5.74, 6) is 1.27. The van der Waals surface area contributed by atoms with E-state index in [4.69, 9.17) is 4.74 Å². The molecule has 3 heterocycles. The zero-order valence-electron chi connectivity index (χ0n) is 16.0. The van der Waals surface area contributed by atoms with Crippen LogP contribution in [0.3, 0.4) is 0 Å². The number of aromatic nitrogens is 4. The molecular formula is C21H23N5O2. The summed E-state index contributed by atoms with van der Waals surface area (Å²) < 4.78 is 6.14. The fourth-order valence-electron chi connectivity index (χ4n) is 3.57. The van der Waals surface area contributed by atoms with E-state index in [9.17, 15) is 4.79 Å². The predicted octanol–water partition coefficient (Wildman–Crippen LogP) is 2.99. The molecule has 3 aromatic rings. The highest BCUT2D eigenvalue weighted by Gasteiger charge is 2.39. The maximum Gasteiger partial charge on any atom is 0.256 e. The third kappa shape index (κ3) is 3.94. The van der Waals surface area contributed by atoms with Gasteiger partial charge in [-0.15, -0.1) is 0 Å². The van der Waals surface area contributed by atoms with Crippen LogP contribution in [0.2, 0.25) is 0 Å². The van der Waals surface area contributed by atoms with Gasteiger partial charge in [-0.05, 0) is 31.5 Å². The van der Waals surface area contributed by atoms with Crippen LogP contribution in [0.25, 0.3) is 0 Å². The Morgan fingerprint density at radius 2 is 2.18 bits per heavy atom. The van der Waals surface area contributed by atoms with Crippen molar-refractivity contribution >= 4 is 5.91 Å². The molecule has 0 radical (unpaired) electrons. The molecule has 1 saturated heterocycles. The first-order valence-electron chi connectivity index (χ1n) is 9.37. The maximum atomic E-state index is 13.1. The van der Waals surface area contributed by atoms with E-state index in [0.29, 0.717) is 31.0 Å². The number of H-pyrrole nitrogens is 1. The highest BCUT2D eigenvalue weighted by molar-refractivity contribution is 5.94. The topological polar surface area (TPSA) is 84.0 Å². The van der Waals surface area contributed by atoms with E-state index in [1.165, 1.54) is 5.56 Å². The van der Waals surface area contributed by atoms with Crippen molar-refractivity contribution < 1.29 is 9.53 Å². The van der Waals surface area contributed by atoms with Crippen LogP contribution in [0.1, 0.15) is 45.6 Å². The predicted molar refractivity (Wildman–Crippen MR) is 104 cm³/mol. The number of hydrogen-bond donors (Lipinski definition) is 1. The van der Waals surface area contributed by atoms with Crippen molar-refractivity contribution in [2.45, 2.75) is 39.0 Å². The van der Waals surface area contributed by atoms with Crippen molar-refractivity contribution in [1.29, 1.82) is 0 Å². The van der Waals surface area contributed by atoms with E-state index >= 15 is 0 Å². The second-order valence-corrected chi connectivity index (χ2v) is 7.15. The number of aromatic amines is 1. The first-order valence-corrected chi connectivity index (χ1v) is 9.37. The van der Waals surface area contributed by atoms with Crippen molar-refractivity contribution in [1.82, 2.24) is 25.1 Å². The molecular weight excluding hydrogens is 354 g/mol. The van der Waals surface area contributed by atoms with Gasteiger partial charge in [0.05, 0.1) is 24.3 Å². The summed E-state index contributed by atoms with van der Waals surface area (Å²) in [7, 11) is 0. The van der Waals surface area contributed by atoms with Crippen molar-refractivity contribution in [3.8, 4) is 0 Å². The normalized spacial score (nSPS) is 19.1. The molecule has 1 N–H and O–H groups in total. The second-order valence-electron chi connectivity index (χ2n) is 7.15. The molecule has 4 rings (SSSR count). The number of amides is 1. The fourth-order valence-corrected chi connectivity index (χ4v) is 3.57. The maximum absolute atomic E-state index is 13.1. The molecule has 2 atom stereocenters. The molecule has 1 fully saturated rings. The number of rotatable bonds is 5. The summed E-state index contributed by atoms with van der Waals surface area (Å²) in [5, 5.41) is 7.16. The summed E-state index contributed by atoms with van der Waals surface area (Å²) >= 11 is 0. The molecule has 0 saturated carbocycles. The number of nitrogens with zero attached hydrogens (tertiary/aromatic N) is 4. The van der Waals surface area contributed by atoms with Gasteiger partial charge in [0.15, 0.2) is 5.82 Å². The van der Waals surface area contributed by atoms with Gasteiger partial charge in [0.1, 0.15) is 5.82 Å². The third-order valence-electron chi connectivity index (χ3n) is 4.91. The van der Waals surface area contributed by atoms with Crippen LogP contribution in [0, 0.1) is 13.8 Å². The molecule has 1 amide bonds. The average Bonchev–Trinajstić information content (AvgIpc) is 3.33. The van der Waals surface area contributed by atoms with Crippen LogP contribution in [0.15, 0.2) is 48.8 Å². The first kappa shape index (κ1) is 18.3. The van der Waals surface area contributed by atoms with Crippen LogP contribution in [-0.4, -0.2) is 43.6 Å². The summed E-state index contributed by atoms with van der Waals surface area (Å²) in [6, 6.07) is 11.6. The van der Waals surface area contributed by atoms with Gasteiger partial charge in [0.2, 0.25) is 0 Å². The minimum atomic E-state index is -0.222.